The first-order chi connectivity index (χ1) is 12.7. The van der Waals surface area contributed by atoms with Gasteiger partial charge in [-0.15, -0.1) is 0 Å². The number of nitrogens with zero attached hydrogens (tertiary/aromatic N) is 3. The second-order valence-electron chi connectivity index (χ2n) is 5.30. The van der Waals surface area contributed by atoms with Gasteiger partial charge in [-0.1, -0.05) is 18.7 Å². The Morgan fingerprint density at radius 2 is 2.12 bits per heavy atom. The molecule has 0 fully saturated rings. The van der Waals surface area contributed by atoms with E-state index in [1.165, 1.54) is 7.11 Å². The highest BCUT2D eigenvalue weighted by Crippen LogP contribution is 2.33. The van der Waals surface area contributed by atoms with Crippen LogP contribution in [0, 0.1) is 0 Å². The third-order valence-corrected chi connectivity index (χ3v) is 4.45. The number of imidazole rings is 1. The number of carbonyl (C=O) groups is 1. The molecule has 26 heavy (non-hydrogen) atoms. The fraction of sp³-hybridized carbons (Fsp3) is 0.278. The molecule has 136 valence electrons. The van der Waals surface area contributed by atoms with Gasteiger partial charge in [0.15, 0.2) is 16.7 Å². The number of hydrogen-bond donors (Lipinski definition) is 1. The molecule has 0 saturated heterocycles. The second-order valence-corrected chi connectivity index (χ2v) is 6.53. The Morgan fingerprint density at radius 3 is 2.85 bits per heavy atom. The third kappa shape index (κ3) is 3.75. The van der Waals surface area contributed by atoms with E-state index < -0.39 is 6.09 Å². The molecule has 3 aromatic rings. The molecular weight excluding hydrogens is 352 g/mol. The molecule has 0 bridgehead atoms. The largest absolute Gasteiger partial charge is 0.493 e. The van der Waals surface area contributed by atoms with Crippen molar-refractivity contribution < 1.29 is 14.3 Å². The Hall–Kier alpha value is -2.74. The second kappa shape index (κ2) is 8.09. The molecule has 1 N–H and O–H groups in total. The number of methoxy groups -OCH3 is 1. The van der Waals surface area contributed by atoms with Crippen LogP contribution in [0.25, 0.3) is 16.9 Å². The van der Waals surface area contributed by atoms with Gasteiger partial charge < -0.3 is 14.8 Å². The van der Waals surface area contributed by atoms with Crippen LogP contribution >= 0.6 is 11.8 Å². The first-order valence-electron chi connectivity index (χ1n) is 8.27. The van der Waals surface area contributed by atoms with Gasteiger partial charge in [-0.2, -0.15) is 0 Å². The fourth-order valence-corrected chi connectivity index (χ4v) is 3.18. The lowest BCUT2D eigenvalue weighted by atomic mass is 10.1. The van der Waals surface area contributed by atoms with Crippen LogP contribution < -0.4 is 14.8 Å². The molecule has 0 aliphatic heterocycles. The number of ether oxygens (including phenoxy) is 2. The number of rotatable bonds is 6. The molecule has 0 spiro atoms. The number of aromatic nitrogens is 3. The average Bonchev–Trinajstić information content (AvgIpc) is 3.11. The number of thioether (sulfide) groups is 1. The maximum Gasteiger partial charge on any atom is 0.412 e. The monoisotopic (exact) mass is 372 g/mol. The van der Waals surface area contributed by atoms with Crippen molar-refractivity contribution in [2.45, 2.75) is 19.0 Å². The normalized spacial score (nSPS) is 10.7. The van der Waals surface area contributed by atoms with Crippen molar-refractivity contribution in [3.05, 3.63) is 36.7 Å². The first-order valence-corrected chi connectivity index (χ1v) is 9.25. The minimum atomic E-state index is -0.517. The molecule has 0 aliphatic carbocycles. The summed E-state index contributed by atoms with van der Waals surface area (Å²) in [5, 5.41) is 3.46. The molecule has 0 aliphatic rings. The zero-order valence-corrected chi connectivity index (χ0v) is 15.7. The molecule has 0 saturated carbocycles. The quantitative estimate of drug-likeness (QED) is 0.526. The van der Waals surface area contributed by atoms with Crippen LogP contribution in [0.15, 0.2) is 41.8 Å². The van der Waals surface area contributed by atoms with Gasteiger partial charge in [0.05, 0.1) is 12.8 Å². The summed E-state index contributed by atoms with van der Waals surface area (Å²) in [4.78, 5) is 20.8. The van der Waals surface area contributed by atoms with Crippen molar-refractivity contribution in [2.24, 2.45) is 0 Å². The van der Waals surface area contributed by atoms with E-state index in [-0.39, 0.29) is 0 Å². The fourth-order valence-electron chi connectivity index (χ4n) is 2.47. The standard InChI is InChI=1S/C18H20N4O3S/c1-4-19-18(23)25-14-7-6-12(10-15(14)24-3)13-11-16-20-8-9-22(16)17(21-13)26-5-2/h6-11H,4-5H2,1-3H3,(H,19,23). The van der Waals surface area contributed by atoms with Gasteiger partial charge in [0.1, 0.15) is 5.65 Å². The molecule has 3 rings (SSSR count). The number of amides is 1. The summed E-state index contributed by atoms with van der Waals surface area (Å²) < 4.78 is 12.6. The highest BCUT2D eigenvalue weighted by Gasteiger charge is 2.13. The van der Waals surface area contributed by atoms with Crippen molar-refractivity contribution in [3.63, 3.8) is 0 Å². The Bertz CT molecular complexity index is 926. The Kier molecular flexibility index (Phi) is 5.62. The molecule has 1 amide bonds. The zero-order valence-electron chi connectivity index (χ0n) is 14.9. The highest BCUT2D eigenvalue weighted by molar-refractivity contribution is 7.99. The summed E-state index contributed by atoms with van der Waals surface area (Å²) in [6, 6.07) is 7.27. The van der Waals surface area contributed by atoms with Gasteiger partial charge in [-0.25, -0.2) is 14.8 Å². The molecule has 8 heteroatoms. The maximum absolute atomic E-state index is 11.7. The predicted octanol–water partition coefficient (Wildman–Crippen LogP) is 3.63. The molecule has 0 unspecified atom stereocenters. The summed E-state index contributed by atoms with van der Waals surface area (Å²) in [6.07, 6.45) is 3.13. The minimum absolute atomic E-state index is 0.354. The Balaban J connectivity index is 1.99. The van der Waals surface area contributed by atoms with E-state index >= 15 is 0 Å². The molecule has 2 heterocycles. The minimum Gasteiger partial charge on any atom is -0.493 e. The number of benzene rings is 1. The van der Waals surface area contributed by atoms with Crippen molar-refractivity contribution in [1.82, 2.24) is 19.7 Å². The molecule has 0 atom stereocenters. The van der Waals surface area contributed by atoms with E-state index in [9.17, 15) is 4.79 Å². The number of carbonyl (C=O) groups excluding carboxylic acids is 1. The maximum atomic E-state index is 11.7. The highest BCUT2D eigenvalue weighted by atomic mass is 32.2. The molecule has 1 aromatic carbocycles. The van der Waals surface area contributed by atoms with Crippen molar-refractivity contribution in [3.8, 4) is 22.8 Å². The van der Waals surface area contributed by atoms with Gasteiger partial charge >= 0.3 is 6.09 Å². The topological polar surface area (TPSA) is 77.8 Å². The van der Waals surface area contributed by atoms with Crippen LogP contribution in [-0.2, 0) is 0 Å². The van der Waals surface area contributed by atoms with Crippen LogP contribution in [0.5, 0.6) is 11.5 Å². The van der Waals surface area contributed by atoms with Crippen LogP contribution in [-0.4, -0.2) is 39.9 Å². The van der Waals surface area contributed by atoms with Crippen molar-refractivity contribution in [1.29, 1.82) is 0 Å². The van der Waals surface area contributed by atoms with Gasteiger partial charge in [0.2, 0.25) is 0 Å². The smallest absolute Gasteiger partial charge is 0.412 e. The van der Waals surface area contributed by atoms with Crippen molar-refractivity contribution >= 4 is 23.5 Å². The molecule has 2 aromatic heterocycles. The molecule has 7 nitrogen and oxygen atoms in total. The lowest BCUT2D eigenvalue weighted by Gasteiger charge is -2.12. The Labute approximate surface area is 155 Å². The third-order valence-electron chi connectivity index (χ3n) is 3.61. The van der Waals surface area contributed by atoms with Crippen LogP contribution in [0.3, 0.4) is 0 Å². The van der Waals surface area contributed by atoms with Crippen molar-refractivity contribution in [2.75, 3.05) is 19.4 Å². The number of nitrogens with one attached hydrogen (secondary N) is 1. The van der Waals surface area contributed by atoms with Crippen LogP contribution in [0.4, 0.5) is 4.79 Å². The van der Waals surface area contributed by atoms with E-state index in [0.717, 1.165) is 27.8 Å². The molecule has 0 radical (unpaired) electrons. The summed E-state index contributed by atoms with van der Waals surface area (Å²) >= 11 is 1.65. The lowest BCUT2D eigenvalue weighted by Crippen LogP contribution is -2.26. The number of fused-ring (bicyclic) bond motifs is 1. The molecular formula is C18H20N4O3S. The summed E-state index contributed by atoms with van der Waals surface area (Å²) in [5.74, 6) is 1.72. The SMILES string of the molecule is CCNC(=O)Oc1ccc(-c2cc3nccn3c(SCC)n2)cc1OC. The van der Waals surface area contributed by atoms with E-state index in [4.69, 9.17) is 14.5 Å². The first kappa shape index (κ1) is 18.1. The van der Waals surface area contributed by atoms with Gasteiger partial charge in [-0.05, 0) is 30.9 Å². The van der Waals surface area contributed by atoms with E-state index in [2.05, 4.69) is 17.2 Å². The summed E-state index contributed by atoms with van der Waals surface area (Å²) in [6.45, 7) is 4.40. The van der Waals surface area contributed by atoms with Crippen LogP contribution in [0.2, 0.25) is 0 Å². The summed E-state index contributed by atoms with van der Waals surface area (Å²) in [7, 11) is 1.54. The van der Waals surface area contributed by atoms with Gasteiger partial charge in [0, 0.05) is 30.6 Å². The number of hydrogen-bond acceptors (Lipinski definition) is 6. The van der Waals surface area contributed by atoms with E-state index in [1.807, 2.05) is 29.7 Å². The van der Waals surface area contributed by atoms with E-state index in [1.54, 1.807) is 30.1 Å². The average molecular weight is 372 g/mol. The summed E-state index contributed by atoms with van der Waals surface area (Å²) in [5.41, 5.74) is 2.46. The lowest BCUT2D eigenvalue weighted by molar-refractivity contribution is 0.199. The Morgan fingerprint density at radius 1 is 1.27 bits per heavy atom. The van der Waals surface area contributed by atoms with Gasteiger partial charge in [-0.3, -0.25) is 4.40 Å². The predicted molar refractivity (Wildman–Crippen MR) is 101 cm³/mol. The van der Waals surface area contributed by atoms with Gasteiger partial charge in [0.25, 0.3) is 0 Å². The zero-order chi connectivity index (χ0) is 18.5. The van der Waals surface area contributed by atoms with E-state index in [0.29, 0.717) is 18.0 Å². The van der Waals surface area contributed by atoms with Crippen LogP contribution in [0.1, 0.15) is 13.8 Å².